The van der Waals surface area contributed by atoms with Crippen molar-refractivity contribution in [1.29, 1.82) is 0 Å². The number of carbonyl (C=O) groups is 2. The SMILES string of the molecule is CCCCCCCCCCCCCCCCCC(=O)CC(=O)CCCCCCCCCCCCCC. The first-order valence-electron chi connectivity index (χ1n) is 16.7. The van der Waals surface area contributed by atoms with Crippen LogP contribution in [0, 0.1) is 0 Å². The Bertz CT molecular complexity index is 456. The Balaban J connectivity index is 3.28. The first-order chi connectivity index (χ1) is 17.7. The molecule has 0 heterocycles. The van der Waals surface area contributed by atoms with Crippen LogP contribution in [0.15, 0.2) is 0 Å². The molecule has 36 heavy (non-hydrogen) atoms. The lowest BCUT2D eigenvalue weighted by molar-refractivity contribution is -0.127. The number of carbonyl (C=O) groups excluding carboxylic acids is 2. The minimum Gasteiger partial charge on any atom is -0.299 e. The zero-order valence-corrected chi connectivity index (χ0v) is 25.0. The third-order valence-electron chi connectivity index (χ3n) is 7.76. The monoisotopic (exact) mass is 507 g/mol. The van der Waals surface area contributed by atoms with E-state index in [0.29, 0.717) is 12.8 Å². The van der Waals surface area contributed by atoms with Gasteiger partial charge in [0.2, 0.25) is 0 Å². The van der Waals surface area contributed by atoms with E-state index < -0.39 is 0 Å². The van der Waals surface area contributed by atoms with Crippen molar-refractivity contribution >= 4 is 11.6 Å². The summed E-state index contributed by atoms with van der Waals surface area (Å²) in [5.41, 5.74) is 0. The van der Waals surface area contributed by atoms with Crippen molar-refractivity contribution in [3.63, 3.8) is 0 Å². The third-order valence-corrected chi connectivity index (χ3v) is 7.76. The van der Waals surface area contributed by atoms with Crippen LogP contribution in [0.4, 0.5) is 0 Å². The summed E-state index contributed by atoms with van der Waals surface area (Å²) in [6.45, 7) is 4.55. The van der Waals surface area contributed by atoms with Gasteiger partial charge in [-0.25, -0.2) is 0 Å². The summed E-state index contributed by atoms with van der Waals surface area (Å²) in [4.78, 5) is 24.2. The molecule has 0 atom stereocenters. The molecule has 214 valence electrons. The molecule has 0 aromatic heterocycles. The molecule has 0 spiro atoms. The van der Waals surface area contributed by atoms with Crippen LogP contribution >= 0.6 is 0 Å². The average molecular weight is 507 g/mol. The van der Waals surface area contributed by atoms with Crippen LogP contribution < -0.4 is 0 Å². The predicted octanol–water partition coefficient (Wildman–Crippen LogP) is 11.9. The van der Waals surface area contributed by atoms with Gasteiger partial charge in [0.15, 0.2) is 0 Å². The van der Waals surface area contributed by atoms with Gasteiger partial charge in [0.1, 0.15) is 11.6 Å². The molecule has 0 fully saturated rings. The molecule has 0 rings (SSSR count). The van der Waals surface area contributed by atoms with E-state index in [2.05, 4.69) is 13.8 Å². The largest absolute Gasteiger partial charge is 0.299 e. The van der Waals surface area contributed by atoms with Gasteiger partial charge in [-0.2, -0.15) is 0 Å². The molecule has 0 radical (unpaired) electrons. The van der Waals surface area contributed by atoms with E-state index in [0.717, 1.165) is 25.7 Å². The van der Waals surface area contributed by atoms with Gasteiger partial charge in [-0.1, -0.05) is 174 Å². The summed E-state index contributed by atoms with van der Waals surface area (Å²) in [5, 5.41) is 0. The van der Waals surface area contributed by atoms with Crippen molar-refractivity contribution in [1.82, 2.24) is 0 Å². The Hall–Kier alpha value is -0.660. The number of hydrogen-bond acceptors (Lipinski definition) is 2. The minimum atomic E-state index is 0.174. The van der Waals surface area contributed by atoms with Gasteiger partial charge < -0.3 is 0 Å². The molecule has 0 amide bonds. The fourth-order valence-electron chi connectivity index (χ4n) is 5.25. The smallest absolute Gasteiger partial charge is 0.140 e. The van der Waals surface area contributed by atoms with Crippen molar-refractivity contribution in [2.75, 3.05) is 0 Å². The summed E-state index contributed by atoms with van der Waals surface area (Å²) >= 11 is 0. The maximum atomic E-state index is 12.1. The molecule has 0 aliphatic carbocycles. The van der Waals surface area contributed by atoms with E-state index in [-0.39, 0.29) is 18.0 Å². The molecule has 0 N–H and O–H groups in total. The second-order valence-electron chi connectivity index (χ2n) is 11.6. The fraction of sp³-hybridized carbons (Fsp3) is 0.941. The molecule has 0 aromatic rings. The molecule has 2 nitrogen and oxygen atoms in total. The highest BCUT2D eigenvalue weighted by Gasteiger charge is 2.09. The van der Waals surface area contributed by atoms with Crippen molar-refractivity contribution in [3.05, 3.63) is 0 Å². The van der Waals surface area contributed by atoms with Crippen LogP contribution in [0.2, 0.25) is 0 Å². The fourth-order valence-corrected chi connectivity index (χ4v) is 5.25. The molecule has 0 aliphatic heterocycles. The van der Waals surface area contributed by atoms with Crippen LogP contribution in [-0.2, 0) is 9.59 Å². The minimum absolute atomic E-state index is 0.174. The molecule has 0 aromatic carbocycles. The van der Waals surface area contributed by atoms with Crippen LogP contribution in [0.3, 0.4) is 0 Å². The molecule has 0 unspecified atom stereocenters. The van der Waals surface area contributed by atoms with Crippen molar-refractivity contribution in [2.24, 2.45) is 0 Å². The van der Waals surface area contributed by atoms with Gasteiger partial charge in [0.25, 0.3) is 0 Å². The van der Waals surface area contributed by atoms with E-state index in [4.69, 9.17) is 0 Å². The van der Waals surface area contributed by atoms with Crippen LogP contribution in [0.25, 0.3) is 0 Å². The molecule has 2 heteroatoms. The third kappa shape index (κ3) is 29.6. The summed E-state index contributed by atoms with van der Waals surface area (Å²) in [7, 11) is 0. The Morgan fingerprint density at radius 3 is 0.722 bits per heavy atom. The van der Waals surface area contributed by atoms with E-state index in [9.17, 15) is 9.59 Å². The summed E-state index contributed by atoms with van der Waals surface area (Å²) in [5.74, 6) is 0.349. The van der Waals surface area contributed by atoms with E-state index in [1.165, 1.54) is 148 Å². The summed E-state index contributed by atoms with van der Waals surface area (Å²) in [6.07, 6.45) is 37.3. The van der Waals surface area contributed by atoms with Crippen molar-refractivity contribution < 1.29 is 9.59 Å². The van der Waals surface area contributed by atoms with Gasteiger partial charge in [0, 0.05) is 12.8 Å². The average Bonchev–Trinajstić information content (AvgIpc) is 2.87. The topological polar surface area (TPSA) is 34.1 Å². The zero-order chi connectivity index (χ0) is 26.4. The highest BCUT2D eigenvalue weighted by molar-refractivity contribution is 5.98. The van der Waals surface area contributed by atoms with Crippen LogP contribution in [0.5, 0.6) is 0 Å². The Morgan fingerprint density at radius 2 is 0.500 bits per heavy atom. The standard InChI is InChI=1S/C34H66O2/c1-3-5-7-9-11-13-15-17-18-19-21-23-25-27-29-31-34(36)32-33(35)30-28-26-24-22-20-16-14-12-10-8-6-4-2/h3-32H2,1-2H3. The van der Waals surface area contributed by atoms with E-state index in [1.807, 2.05) is 0 Å². The van der Waals surface area contributed by atoms with Crippen molar-refractivity contribution in [3.8, 4) is 0 Å². The van der Waals surface area contributed by atoms with Gasteiger partial charge in [-0.05, 0) is 12.8 Å². The molecular formula is C34H66O2. The number of Topliss-reactive ketones (excluding diaryl/α,β-unsaturated/α-hetero) is 2. The van der Waals surface area contributed by atoms with Gasteiger partial charge >= 0.3 is 0 Å². The summed E-state index contributed by atoms with van der Waals surface area (Å²) in [6, 6.07) is 0. The number of rotatable bonds is 31. The molecule has 0 aliphatic rings. The van der Waals surface area contributed by atoms with Crippen LogP contribution in [0.1, 0.15) is 206 Å². The lowest BCUT2D eigenvalue weighted by Crippen LogP contribution is -2.07. The Kier molecular flexibility index (Phi) is 30.0. The molecular weight excluding hydrogens is 440 g/mol. The quantitative estimate of drug-likeness (QED) is 0.0692. The summed E-state index contributed by atoms with van der Waals surface area (Å²) < 4.78 is 0. The van der Waals surface area contributed by atoms with Gasteiger partial charge in [-0.3, -0.25) is 9.59 Å². The number of unbranched alkanes of at least 4 members (excludes halogenated alkanes) is 25. The first-order valence-corrected chi connectivity index (χ1v) is 16.7. The zero-order valence-electron chi connectivity index (χ0n) is 25.0. The number of hydrogen-bond donors (Lipinski definition) is 0. The van der Waals surface area contributed by atoms with Crippen molar-refractivity contribution in [2.45, 2.75) is 206 Å². The van der Waals surface area contributed by atoms with Crippen LogP contribution in [-0.4, -0.2) is 11.6 Å². The molecule has 0 saturated carbocycles. The van der Waals surface area contributed by atoms with E-state index in [1.54, 1.807) is 0 Å². The number of ketones is 2. The predicted molar refractivity (Wildman–Crippen MR) is 160 cm³/mol. The second kappa shape index (κ2) is 30.6. The maximum absolute atomic E-state index is 12.1. The first kappa shape index (κ1) is 35.3. The lowest BCUT2D eigenvalue weighted by atomic mass is 10.0. The molecule has 0 saturated heterocycles. The normalized spacial score (nSPS) is 11.3. The van der Waals surface area contributed by atoms with Gasteiger partial charge in [0.05, 0.1) is 6.42 Å². The molecule has 0 bridgehead atoms. The maximum Gasteiger partial charge on any atom is 0.140 e. The highest BCUT2D eigenvalue weighted by atomic mass is 16.1. The Labute approximate surface area is 227 Å². The lowest BCUT2D eigenvalue weighted by Gasteiger charge is -2.04. The highest BCUT2D eigenvalue weighted by Crippen LogP contribution is 2.15. The second-order valence-corrected chi connectivity index (χ2v) is 11.6. The van der Waals surface area contributed by atoms with Gasteiger partial charge in [-0.15, -0.1) is 0 Å². The van der Waals surface area contributed by atoms with E-state index >= 15 is 0 Å². The Morgan fingerprint density at radius 1 is 0.306 bits per heavy atom.